The Labute approximate surface area is 131 Å². The summed E-state index contributed by atoms with van der Waals surface area (Å²) in [6, 6.07) is 15.0. The van der Waals surface area contributed by atoms with E-state index in [9.17, 15) is 9.36 Å². The van der Waals surface area contributed by atoms with Crippen molar-refractivity contribution in [2.75, 3.05) is 12.8 Å². The number of carbonyl (C=O) groups excluding carboxylic acids is 1. The lowest BCUT2D eigenvalue weighted by Gasteiger charge is -2.19. The summed E-state index contributed by atoms with van der Waals surface area (Å²) in [5.74, 6) is -0.424. The molecule has 0 aliphatic rings. The van der Waals surface area contributed by atoms with Crippen molar-refractivity contribution in [3.63, 3.8) is 0 Å². The Morgan fingerprint density at radius 3 is 1.68 bits per heavy atom. The summed E-state index contributed by atoms with van der Waals surface area (Å²) in [6.45, 7) is 6.00. The van der Waals surface area contributed by atoms with Crippen molar-refractivity contribution in [2.45, 2.75) is 20.8 Å². The Kier molecular flexibility index (Phi) is 5.20. The number of aryl methyl sites for hydroxylation is 2. The van der Waals surface area contributed by atoms with Gasteiger partial charge in [-0.25, -0.2) is 0 Å². The summed E-state index contributed by atoms with van der Waals surface area (Å²) < 4.78 is 18.6. The van der Waals surface area contributed by atoms with Crippen LogP contribution >= 0.6 is 7.14 Å². The molecule has 0 bridgehead atoms. The van der Waals surface area contributed by atoms with Gasteiger partial charge < -0.3 is 9.30 Å². The number of benzene rings is 2. The molecule has 116 valence electrons. The lowest BCUT2D eigenvalue weighted by atomic mass is 10.2. The van der Waals surface area contributed by atoms with E-state index < -0.39 is 13.1 Å². The standard InChI is InChI=1S/C18H21O3P/c1-4-21-18(19)13-22(20,16-9-5-14(2)6-10-16)17-11-7-15(3)8-12-17/h5-12H,4,13H2,1-3H3. The molecule has 4 heteroatoms. The summed E-state index contributed by atoms with van der Waals surface area (Å²) in [5.41, 5.74) is 2.19. The predicted molar refractivity (Wildman–Crippen MR) is 90.7 cm³/mol. The van der Waals surface area contributed by atoms with Gasteiger partial charge in [-0.2, -0.15) is 0 Å². The summed E-state index contributed by atoms with van der Waals surface area (Å²) in [7, 11) is -3.02. The zero-order chi connectivity index (χ0) is 16.2. The van der Waals surface area contributed by atoms with Gasteiger partial charge in [-0.1, -0.05) is 59.7 Å². The van der Waals surface area contributed by atoms with E-state index in [0.717, 1.165) is 11.1 Å². The fourth-order valence-electron chi connectivity index (χ4n) is 2.29. The van der Waals surface area contributed by atoms with Crippen molar-refractivity contribution >= 4 is 23.7 Å². The second-order valence-electron chi connectivity index (χ2n) is 5.37. The molecule has 0 spiro atoms. The van der Waals surface area contributed by atoms with Gasteiger partial charge in [0.25, 0.3) is 0 Å². The van der Waals surface area contributed by atoms with Crippen LogP contribution in [0.4, 0.5) is 0 Å². The number of rotatable bonds is 5. The van der Waals surface area contributed by atoms with Crippen LogP contribution in [-0.2, 0) is 14.1 Å². The maximum atomic E-state index is 13.6. The molecule has 0 saturated heterocycles. The molecule has 0 radical (unpaired) electrons. The third kappa shape index (κ3) is 3.66. The van der Waals surface area contributed by atoms with Gasteiger partial charge >= 0.3 is 5.97 Å². The molecule has 0 heterocycles. The van der Waals surface area contributed by atoms with Crippen LogP contribution in [-0.4, -0.2) is 18.7 Å². The van der Waals surface area contributed by atoms with Gasteiger partial charge in [0.1, 0.15) is 6.16 Å². The van der Waals surface area contributed by atoms with E-state index in [0.29, 0.717) is 17.2 Å². The van der Waals surface area contributed by atoms with Crippen LogP contribution in [0.5, 0.6) is 0 Å². The Balaban J connectivity index is 2.48. The van der Waals surface area contributed by atoms with Crippen molar-refractivity contribution in [1.82, 2.24) is 0 Å². The SMILES string of the molecule is CCOC(=O)CP(=O)(c1ccc(C)cc1)c1ccc(C)cc1. The quantitative estimate of drug-likeness (QED) is 0.628. The summed E-state index contributed by atoms with van der Waals surface area (Å²) >= 11 is 0. The number of carbonyl (C=O) groups is 1. The first-order valence-electron chi connectivity index (χ1n) is 7.35. The van der Waals surface area contributed by atoms with Crippen molar-refractivity contribution in [1.29, 1.82) is 0 Å². The Morgan fingerprint density at radius 2 is 1.32 bits per heavy atom. The molecule has 0 saturated carbocycles. The smallest absolute Gasteiger partial charge is 0.313 e. The topological polar surface area (TPSA) is 43.4 Å². The molecule has 22 heavy (non-hydrogen) atoms. The normalized spacial score (nSPS) is 11.2. The highest BCUT2D eigenvalue weighted by Gasteiger charge is 2.30. The van der Waals surface area contributed by atoms with Crippen LogP contribution in [0.15, 0.2) is 48.5 Å². The van der Waals surface area contributed by atoms with E-state index >= 15 is 0 Å². The van der Waals surface area contributed by atoms with Gasteiger partial charge in [-0.15, -0.1) is 0 Å². The maximum absolute atomic E-state index is 13.6. The second kappa shape index (κ2) is 6.93. The molecule has 0 atom stereocenters. The Bertz CT molecular complexity index is 638. The lowest BCUT2D eigenvalue weighted by Crippen LogP contribution is -2.23. The second-order valence-corrected chi connectivity index (χ2v) is 8.20. The first kappa shape index (κ1) is 16.5. The number of hydrogen-bond donors (Lipinski definition) is 0. The van der Waals surface area contributed by atoms with Crippen molar-refractivity contribution in [3.05, 3.63) is 59.7 Å². The predicted octanol–water partition coefficient (Wildman–Crippen LogP) is 3.18. The molecule has 0 aromatic heterocycles. The van der Waals surface area contributed by atoms with Gasteiger partial charge in [0.2, 0.25) is 0 Å². The lowest BCUT2D eigenvalue weighted by molar-refractivity contribution is -0.139. The minimum atomic E-state index is -3.02. The zero-order valence-electron chi connectivity index (χ0n) is 13.2. The van der Waals surface area contributed by atoms with Gasteiger partial charge in [0.15, 0.2) is 7.14 Å². The summed E-state index contributed by atoms with van der Waals surface area (Å²) in [4.78, 5) is 11.9. The third-order valence-corrected chi connectivity index (χ3v) is 6.53. The highest BCUT2D eigenvalue weighted by molar-refractivity contribution is 7.79. The molecule has 2 aromatic carbocycles. The monoisotopic (exact) mass is 316 g/mol. The van der Waals surface area contributed by atoms with Crippen molar-refractivity contribution in [2.24, 2.45) is 0 Å². The minimum Gasteiger partial charge on any atom is -0.466 e. The van der Waals surface area contributed by atoms with E-state index in [2.05, 4.69) is 0 Å². The van der Waals surface area contributed by atoms with Crippen LogP contribution in [0.3, 0.4) is 0 Å². The van der Waals surface area contributed by atoms with Crippen LogP contribution in [0.2, 0.25) is 0 Å². The summed E-state index contributed by atoms with van der Waals surface area (Å²) in [5, 5.41) is 1.38. The number of hydrogen-bond acceptors (Lipinski definition) is 3. The first-order valence-corrected chi connectivity index (χ1v) is 9.24. The van der Waals surface area contributed by atoms with Crippen molar-refractivity contribution < 1.29 is 14.1 Å². The summed E-state index contributed by atoms with van der Waals surface area (Å²) in [6.07, 6.45) is -0.104. The van der Waals surface area contributed by atoms with Gasteiger partial charge in [0, 0.05) is 10.6 Å². The molecule has 0 unspecified atom stereocenters. The molecule has 0 aliphatic heterocycles. The number of ether oxygens (including phenoxy) is 1. The van der Waals surface area contributed by atoms with Gasteiger partial charge in [0.05, 0.1) is 6.61 Å². The average molecular weight is 316 g/mol. The fourth-order valence-corrected chi connectivity index (χ4v) is 4.67. The molecule has 3 nitrogen and oxygen atoms in total. The number of esters is 1. The van der Waals surface area contributed by atoms with E-state index in [1.165, 1.54) is 0 Å². The Morgan fingerprint density at radius 1 is 0.909 bits per heavy atom. The van der Waals surface area contributed by atoms with Gasteiger partial charge in [-0.3, -0.25) is 4.79 Å². The Hall–Kier alpha value is -1.86. The van der Waals surface area contributed by atoms with E-state index in [-0.39, 0.29) is 6.16 Å². The molecule has 0 fully saturated rings. The zero-order valence-corrected chi connectivity index (χ0v) is 14.1. The third-order valence-electron chi connectivity index (χ3n) is 3.56. The molecule has 0 N–H and O–H groups in total. The first-order chi connectivity index (χ1) is 10.5. The van der Waals surface area contributed by atoms with Crippen LogP contribution in [0, 0.1) is 13.8 Å². The molecule has 0 aliphatic carbocycles. The largest absolute Gasteiger partial charge is 0.466 e. The highest BCUT2D eigenvalue weighted by Crippen LogP contribution is 2.43. The minimum absolute atomic E-state index is 0.104. The molecule has 2 aromatic rings. The molecular formula is C18H21O3P. The van der Waals surface area contributed by atoms with E-state index in [4.69, 9.17) is 4.74 Å². The van der Waals surface area contributed by atoms with Crippen molar-refractivity contribution in [3.8, 4) is 0 Å². The van der Waals surface area contributed by atoms with E-state index in [1.807, 2.05) is 62.4 Å². The average Bonchev–Trinajstić information content (AvgIpc) is 2.48. The molecular weight excluding hydrogens is 295 g/mol. The molecule has 0 amide bonds. The van der Waals surface area contributed by atoms with Gasteiger partial charge in [-0.05, 0) is 20.8 Å². The van der Waals surface area contributed by atoms with E-state index in [1.54, 1.807) is 6.92 Å². The molecule has 2 rings (SSSR count). The fraction of sp³-hybridized carbons (Fsp3) is 0.278. The maximum Gasteiger partial charge on any atom is 0.313 e. The van der Waals surface area contributed by atoms with Crippen LogP contribution in [0.1, 0.15) is 18.1 Å². The highest BCUT2D eigenvalue weighted by atomic mass is 31.2. The van der Waals surface area contributed by atoms with Crippen LogP contribution in [0.25, 0.3) is 0 Å². The van der Waals surface area contributed by atoms with Crippen LogP contribution < -0.4 is 10.6 Å².